The van der Waals surface area contributed by atoms with Crippen LogP contribution in [0.4, 0.5) is 22.0 Å². The van der Waals surface area contributed by atoms with Gasteiger partial charge < -0.3 is 5.11 Å². The zero-order valence-corrected chi connectivity index (χ0v) is 8.23. The summed E-state index contributed by atoms with van der Waals surface area (Å²) in [5.41, 5.74) is 0. The Hall–Kier alpha value is -0.970. The standard InChI is InChI=1S/C5H6F5NO4S/c6-4(7)16(14,15)11(1-3(12)13)2-5(8,9)10/h4H,1-2H2,(H,12,13). The van der Waals surface area contributed by atoms with E-state index in [2.05, 4.69) is 0 Å². The Balaban J connectivity index is 5.03. The van der Waals surface area contributed by atoms with Crippen molar-refractivity contribution in [3.63, 3.8) is 0 Å². The second-order valence-corrected chi connectivity index (χ2v) is 4.49. The molecule has 0 heterocycles. The van der Waals surface area contributed by atoms with E-state index in [0.29, 0.717) is 0 Å². The average Bonchev–Trinajstić information content (AvgIpc) is 1.98. The highest BCUT2D eigenvalue weighted by Gasteiger charge is 2.41. The van der Waals surface area contributed by atoms with Crippen molar-refractivity contribution in [3.05, 3.63) is 0 Å². The van der Waals surface area contributed by atoms with Gasteiger partial charge >= 0.3 is 17.9 Å². The molecule has 0 radical (unpaired) electrons. The predicted octanol–water partition coefficient (Wildman–Crippen LogP) is 0.488. The fourth-order valence-electron chi connectivity index (χ4n) is 0.699. The van der Waals surface area contributed by atoms with Gasteiger partial charge in [-0.3, -0.25) is 4.79 Å². The molecule has 0 unspecified atom stereocenters. The third kappa shape index (κ3) is 4.70. The average molecular weight is 271 g/mol. The van der Waals surface area contributed by atoms with E-state index < -0.39 is 45.3 Å². The number of hydrogen-bond acceptors (Lipinski definition) is 3. The molecule has 96 valence electrons. The summed E-state index contributed by atoms with van der Waals surface area (Å²) in [5.74, 6) is -6.07. The van der Waals surface area contributed by atoms with Gasteiger partial charge in [0, 0.05) is 0 Å². The molecule has 0 aliphatic heterocycles. The molecule has 0 aromatic rings. The highest BCUT2D eigenvalue weighted by Crippen LogP contribution is 2.21. The Kier molecular flexibility index (Phi) is 4.61. The number of rotatable bonds is 5. The van der Waals surface area contributed by atoms with Crippen LogP contribution in [0.3, 0.4) is 0 Å². The molecule has 0 aromatic heterocycles. The molecule has 0 amide bonds. The van der Waals surface area contributed by atoms with E-state index in [-0.39, 0.29) is 0 Å². The quantitative estimate of drug-likeness (QED) is 0.738. The van der Waals surface area contributed by atoms with Crippen LogP contribution >= 0.6 is 0 Å². The minimum atomic E-state index is -5.57. The topological polar surface area (TPSA) is 74.7 Å². The van der Waals surface area contributed by atoms with Gasteiger partial charge in [-0.15, -0.1) is 0 Å². The largest absolute Gasteiger partial charge is 0.480 e. The van der Waals surface area contributed by atoms with Gasteiger partial charge in [-0.05, 0) is 0 Å². The van der Waals surface area contributed by atoms with Gasteiger partial charge in [-0.2, -0.15) is 26.3 Å². The Labute approximate surface area is 86.5 Å². The second kappa shape index (κ2) is 4.91. The van der Waals surface area contributed by atoms with Crippen molar-refractivity contribution in [2.75, 3.05) is 13.1 Å². The van der Waals surface area contributed by atoms with E-state index in [0.717, 1.165) is 0 Å². The van der Waals surface area contributed by atoms with E-state index in [1.807, 2.05) is 0 Å². The molecule has 1 N–H and O–H groups in total. The lowest BCUT2D eigenvalue weighted by Crippen LogP contribution is -2.44. The van der Waals surface area contributed by atoms with Gasteiger partial charge in [-0.1, -0.05) is 0 Å². The number of hydrogen-bond donors (Lipinski definition) is 1. The van der Waals surface area contributed by atoms with Crippen LogP contribution in [-0.2, 0) is 14.8 Å². The van der Waals surface area contributed by atoms with Crippen molar-refractivity contribution in [1.29, 1.82) is 0 Å². The molecule has 0 saturated carbocycles. The molecule has 0 bridgehead atoms. The van der Waals surface area contributed by atoms with Gasteiger partial charge in [0.2, 0.25) is 0 Å². The zero-order chi connectivity index (χ0) is 13.1. The molecule has 11 heteroatoms. The molecule has 16 heavy (non-hydrogen) atoms. The minimum absolute atomic E-state index is 0.833. The van der Waals surface area contributed by atoms with Gasteiger partial charge in [0.1, 0.15) is 13.1 Å². The Morgan fingerprint density at radius 1 is 1.31 bits per heavy atom. The summed E-state index contributed by atoms with van der Waals surface area (Å²) >= 11 is 0. The number of carbonyl (C=O) groups is 1. The normalized spacial score (nSPS) is 13.4. The summed E-state index contributed by atoms with van der Waals surface area (Å²) in [7, 11) is -5.57. The highest BCUT2D eigenvalue weighted by molar-refractivity contribution is 7.89. The lowest BCUT2D eigenvalue weighted by atomic mass is 10.6. The monoisotopic (exact) mass is 271 g/mol. The molecule has 0 fully saturated rings. The number of halogens is 5. The number of nitrogens with zero attached hydrogens (tertiary/aromatic N) is 1. The smallest absolute Gasteiger partial charge is 0.402 e. The van der Waals surface area contributed by atoms with Crippen molar-refractivity contribution in [3.8, 4) is 0 Å². The number of aliphatic carboxylic acids is 1. The molecule has 0 atom stereocenters. The first kappa shape index (κ1) is 15.0. The fourth-order valence-corrected chi connectivity index (χ4v) is 1.54. The Bertz CT molecular complexity index is 350. The van der Waals surface area contributed by atoms with Crippen LogP contribution in [-0.4, -0.2) is 48.8 Å². The summed E-state index contributed by atoms with van der Waals surface area (Å²) in [5, 5.41) is 8.11. The summed E-state index contributed by atoms with van der Waals surface area (Å²) < 4.78 is 79.7. The van der Waals surface area contributed by atoms with Gasteiger partial charge in [-0.25, -0.2) is 8.42 Å². The molecule has 0 aliphatic rings. The number of sulfonamides is 1. The third-order valence-corrected chi connectivity index (χ3v) is 2.68. The van der Waals surface area contributed by atoms with Crippen LogP contribution in [0.1, 0.15) is 0 Å². The first-order valence-corrected chi connectivity index (χ1v) is 5.03. The molecular formula is C5H6F5NO4S. The van der Waals surface area contributed by atoms with Crippen molar-refractivity contribution in [1.82, 2.24) is 4.31 Å². The maximum atomic E-state index is 11.9. The molecule has 0 rings (SSSR count). The Morgan fingerprint density at radius 2 is 1.75 bits per heavy atom. The molecule has 5 nitrogen and oxygen atoms in total. The van der Waals surface area contributed by atoms with Crippen LogP contribution in [0.25, 0.3) is 0 Å². The molecule has 0 spiro atoms. The highest BCUT2D eigenvalue weighted by atomic mass is 32.2. The summed E-state index contributed by atoms with van der Waals surface area (Å²) in [6, 6.07) is 0. The Morgan fingerprint density at radius 3 is 2.00 bits per heavy atom. The first-order valence-electron chi connectivity index (χ1n) is 3.52. The van der Waals surface area contributed by atoms with Crippen LogP contribution in [0.15, 0.2) is 0 Å². The zero-order valence-electron chi connectivity index (χ0n) is 7.41. The molecule has 0 aliphatic carbocycles. The molecular weight excluding hydrogens is 265 g/mol. The van der Waals surface area contributed by atoms with Gasteiger partial charge in [0.25, 0.3) is 10.0 Å². The van der Waals surface area contributed by atoms with E-state index in [9.17, 15) is 35.2 Å². The lowest BCUT2D eigenvalue weighted by Gasteiger charge is -2.20. The fraction of sp³-hybridized carbons (Fsp3) is 0.800. The van der Waals surface area contributed by atoms with Crippen molar-refractivity contribution in [2.24, 2.45) is 0 Å². The molecule has 0 aromatic carbocycles. The summed E-state index contributed by atoms with van der Waals surface area (Å²) in [6.07, 6.45) is -5.10. The van der Waals surface area contributed by atoms with E-state index >= 15 is 0 Å². The summed E-state index contributed by atoms with van der Waals surface area (Å²) in [4.78, 5) is 10.0. The number of carboxylic acid groups (broad SMARTS) is 1. The van der Waals surface area contributed by atoms with Crippen LogP contribution < -0.4 is 0 Å². The predicted molar refractivity (Wildman–Crippen MR) is 40.2 cm³/mol. The van der Waals surface area contributed by atoms with Crippen LogP contribution in [0.2, 0.25) is 0 Å². The van der Waals surface area contributed by atoms with E-state index in [4.69, 9.17) is 5.11 Å². The van der Waals surface area contributed by atoms with Crippen molar-refractivity contribution < 1.29 is 40.3 Å². The third-order valence-electron chi connectivity index (χ3n) is 1.25. The maximum Gasteiger partial charge on any atom is 0.402 e. The van der Waals surface area contributed by atoms with E-state index in [1.54, 1.807) is 0 Å². The SMILES string of the molecule is O=C(O)CN(CC(F)(F)F)S(=O)(=O)C(F)F. The second-order valence-electron chi connectivity index (χ2n) is 2.58. The van der Waals surface area contributed by atoms with Crippen molar-refractivity contribution in [2.45, 2.75) is 11.9 Å². The van der Waals surface area contributed by atoms with Crippen LogP contribution in [0.5, 0.6) is 0 Å². The van der Waals surface area contributed by atoms with Crippen molar-refractivity contribution >= 4 is 16.0 Å². The van der Waals surface area contributed by atoms with Gasteiger partial charge in [0.15, 0.2) is 0 Å². The maximum absolute atomic E-state index is 11.9. The summed E-state index contributed by atoms with van der Waals surface area (Å²) in [6.45, 7) is -3.95. The van der Waals surface area contributed by atoms with E-state index in [1.165, 1.54) is 0 Å². The lowest BCUT2D eigenvalue weighted by molar-refractivity contribution is -0.146. The minimum Gasteiger partial charge on any atom is -0.480 e. The molecule has 0 saturated heterocycles. The van der Waals surface area contributed by atoms with Crippen LogP contribution in [0, 0.1) is 0 Å². The number of carboxylic acids is 1. The van der Waals surface area contributed by atoms with Gasteiger partial charge in [0.05, 0.1) is 0 Å². The first-order chi connectivity index (χ1) is 6.97. The number of alkyl halides is 5.